The number of nitrogens with one attached hydrogen (secondary N) is 1. The first-order chi connectivity index (χ1) is 17.9. The Hall–Kier alpha value is -3.28. The fourth-order valence-corrected chi connectivity index (χ4v) is 4.68. The third kappa shape index (κ3) is 5.39. The molecular formula is C26H30F2N4O5. The molecule has 3 heterocycles. The number of aliphatic hydroxyl groups is 1. The highest BCUT2D eigenvalue weighted by molar-refractivity contribution is 6.01. The molecule has 11 heteroatoms. The number of halogens is 2. The van der Waals surface area contributed by atoms with Crippen molar-refractivity contribution in [3.05, 3.63) is 47.8 Å². The molecule has 0 spiro atoms. The first-order valence-corrected chi connectivity index (χ1v) is 12.3. The lowest BCUT2D eigenvalue weighted by atomic mass is 10.0. The molecule has 3 aromatic rings. The number of benzene rings is 1. The summed E-state index contributed by atoms with van der Waals surface area (Å²) in [6.45, 7) is 0.925. The van der Waals surface area contributed by atoms with Gasteiger partial charge in [0, 0.05) is 36.9 Å². The SMILES string of the molecule is COc1cc(-c2cnc3cc(C(C)N4CCO[C@H](CO)C4)ccn23)cc(OC(F)F)c1C(=O)NC1CC1. The zero-order valence-electron chi connectivity index (χ0n) is 20.7. The van der Waals surface area contributed by atoms with Crippen LogP contribution in [0.1, 0.15) is 41.7 Å². The number of aromatic nitrogens is 2. The number of aliphatic hydroxyl groups excluding tert-OH is 1. The highest BCUT2D eigenvalue weighted by atomic mass is 19.3. The minimum Gasteiger partial charge on any atom is -0.496 e. The van der Waals surface area contributed by atoms with Crippen molar-refractivity contribution >= 4 is 11.6 Å². The largest absolute Gasteiger partial charge is 0.496 e. The monoisotopic (exact) mass is 516 g/mol. The van der Waals surface area contributed by atoms with Crippen LogP contribution in [-0.2, 0) is 4.74 Å². The van der Waals surface area contributed by atoms with Gasteiger partial charge >= 0.3 is 6.61 Å². The van der Waals surface area contributed by atoms with Crippen LogP contribution in [0.25, 0.3) is 16.9 Å². The normalized spacial score (nSPS) is 19.2. The van der Waals surface area contributed by atoms with E-state index in [1.165, 1.54) is 13.2 Å². The third-order valence-corrected chi connectivity index (χ3v) is 6.88. The number of alkyl halides is 2. The molecule has 2 aliphatic rings. The number of nitrogens with zero attached hydrogens (tertiary/aromatic N) is 3. The van der Waals surface area contributed by atoms with E-state index in [-0.39, 0.29) is 41.9 Å². The van der Waals surface area contributed by atoms with Gasteiger partial charge in [-0.25, -0.2) is 4.98 Å². The van der Waals surface area contributed by atoms with Gasteiger partial charge in [0.25, 0.3) is 5.91 Å². The van der Waals surface area contributed by atoms with Crippen molar-refractivity contribution in [3.8, 4) is 22.8 Å². The number of pyridine rings is 1. The van der Waals surface area contributed by atoms with Crippen LogP contribution in [0, 0.1) is 0 Å². The van der Waals surface area contributed by atoms with Crippen LogP contribution in [0.4, 0.5) is 8.78 Å². The van der Waals surface area contributed by atoms with E-state index in [1.807, 2.05) is 22.7 Å². The van der Waals surface area contributed by atoms with Gasteiger partial charge in [0.15, 0.2) is 0 Å². The number of imidazole rings is 1. The Kier molecular flexibility index (Phi) is 7.27. The summed E-state index contributed by atoms with van der Waals surface area (Å²) < 4.78 is 44.2. The van der Waals surface area contributed by atoms with Crippen LogP contribution in [0.5, 0.6) is 11.5 Å². The molecule has 2 fully saturated rings. The molecule has 1 saturated heterocycles. The molecule has 1 amide bonds. The van der Waals surface area contributed by atoms with Crippen LogP contribution in [-0.4, -0.2) is 77.5 Å². The maximum atomic E-state index is 13.3. The Labute approximate surface area is 212 Å². The number of carbonyl (C=O) groups is 1. The molecule has 37 heavy (non-hydrogen) atoms. The zero-order chi connectivity index (χ0) is 26.1. The average Bonchev–Trinajstić information content (AvgIpc) is 3.61. The third-order valence-electron chi connectivity index (χ3n) is 6.88. The van der Waals surface area contributed by atoms with Crippen molar-refractivity contribution in [1.82, 2.24) is 19.6 Å². The molecule has 1 aromatic carbocycles. The van der Waals surface area contributed by atoms with Gasteiger partial charge in [0.05, 0.1) is 38.3 Å². The smallest absolute Gasteiger partial charge is 0.387 e. The molecule has 0 radical (unpaired) electrons. The molecule has 0 bridgehead atoms. The zero-order valence-corrected chi connectivity index (χ0v) is 20.7. The Morgan fingerprint density at radius 1 is 1.30 bits per heavy atom. The van der Waals surface area contributed by atoms with Crippen molar-refractivity contribution < 1.29 is 32.9 Å². The molecule has 1 aliphatic carbocycles. The number of hydrogen-bond donors (Lipinski definition) is 2. The van der Waals surface area contributed by atoms with Crippen LogP contribution in [0.2, 0.25) is 0 Å². The van der Waals surface area contributed by atoms with E-state index in [1.54, 1.807) is 12.3 Å². The summed E-state index contributed by atoms with van der Waals surface area (Å²) in [6.07, 6.45) is 5.03. The van der Waals surface area contributed by atoms with Gasteiger partial charge < -0.3 is 24.6 Å². The topological polar surface area (TPSA) is 97.6 Å². The molecule has 198 valence electrons. The standard InChI is InChI=1S/C26H30F2N4O5/c1-15(31-7-8-36-19(13-31)14-33)16-5-6-32-20(12-29-23(32)11-16)17-9-21(35-2)24(22(10-17)37-26(27)28)25(34)30-18-3-4-18/h5-6,9-12,15,18-19,26,33H,3-4,7-8,13-14H2,1-2H3,(H,30,34)/t15?,19-/m0/s1. The Morgan fingerprint density at radius 3 is 2.78 bits per heavy atom. The number of morpholine rings is 1. The minimum absolute atomic E-state index is 0.0202. The summed E-state index contributed by atoms with van der Waals surface area (Å²) in [5.74, 6) is -0.629. The van der Waals surface area contributed by atoms with Gasteiger partial charge in [-0.2, -0.15) is 8.78 Å². The van der Waals surface area contributed by atoms with Crippen molar-refractivity contribution in [1.29, 1.82) is 0 Å². The second-order valence-corrected chi connectivity index (χ2v) is 9.36. The summed E-state index contributed by atoms with van der Waals surface area (Å²) in [5.41, 5.74) is 2.82. The first-order valence-electron chi connectivity index (χ1n) is 12.3. The summed E-state index contributed by atoms with van der Waals surface area (Å²) in [7, 11) is 1.38. The highest BCUT2D eigenvalue weighted by Gasteiger charge is 2.29. The quantitative estimate of drug-likeness (QED) is 0.451. The van der Waals surface area contributed by atoms with Gasteiger partial charge in [-0.15, -0.1) is 0 Å². The van der Waals surface area contributed by atoms with E-state index in [0.29, 0.717) is 30.1 Å². The molecule has 1 saturated carbocycles. The number of carbonyl (C=O) groups excluding carboxylic acids is 1. The second kappa shape index (κ2) is 10.6. The minimum atomic E-state index is -3.11. The van der Waals surface area contributed by atoms with E-state index in [9.17, 15) is 18.7 Å². The number of fused-ring (bicyclic) bond motifs is 1. The van der Waals surface area contributed by atoms with Crippen LogP contribution in [0.3, 0.4) is 0 Å². The van der Waals surface area contributed by atoms with E-state index in [2.05, 4.69) is 22.1 Å². The highest BCUT2D eigenvalue weighted by Crippen LogP contribution is 2.37. The van der Waals surface area contributed by atoms with Crippen LogP contribution in [0.15, 0.2) is 36.7 Å². The molecular weight excluding hydrogens is 486 g/mol. The van der Waals surface area contributed by atoms with Crippen molar-refractivity contribution in [3.63, 3.8) is 0 Å². The maximum absolute atomic E-state index is 13.3. The molecule has 2 atom stereocenters. The van der Waals surface area contributed by atoms with Crippen molar-refractivity contribution in [2.45, 2.75) is 44.6 Å². The lowest BCUT2D eigenvalue weighted by molar-refractivity contribution is -0.0633. The predicted octanol–water partition coefficient (Wildman–Crippen LogP) is 3.26. The number of amides is 1. The Bertz CT molecular complexity index is 1280. The summed E-state index contributed by atoms with van der Waals surface area (Å²) in [5, 5.41) is 12.3. The fourth-order valence-electron chi connectivity index (χ4n) is 4.68. The van der Waals surface area contributed by atoms with Crippen LogP contribution >= 0.6 is 0 Å². The van der Waals surface area contributed by atoms with Gasteiger partial charge in [-0.1, -0.05) is 0 Å². The molecule has 2 N–H and O–H groups in total. The number of ether oxygens (including phenoxy) is 3. The van der Waals surface area contributed by atoms with Gasteiger partial charge in [0.1, 0.15) is 22.7 Å². The number of rotatable bonds is 9. The first kappa shape index (κ1) is 25.4. The molecule has 9 nitrogen and oxygen atoms in total. The average molecular weight is 517 g/mol. The van der Waals surface area contributed by atoms with E-state index >= 15 is 0 Å². The van der Waals surface area contributed by atoms with Gasteiger partial charge in [-0.05, 0) is 49.6 Å². The molecule has 1 unspecified atom stereocenters. The van der Waals surface area contributed by atoms with Gasteiger partial charge in [-0.3, -0.25) is 14.1 Å². The predicted molar refractivity (Wildman–Crippen MR) is 131 cm³/mol. The molecule has 2 aromatic heterocycles. The Morgan fingerprint density at radius 2 is 2.08 bits per heavy atom. The number of hydrogen-bond acceptors (Lipinski definition) is 7. The van der Waals surface area contributed by atoms with E-state index < -0.39 is 12.5 Å². The van der Waals surface area contributed by atoms with Crippen LogP contribution < -0.4 is 14.8 Å². The Balaban J connectivity index is 1.48. The van der Waals surface area contributed by atoms with Crippen molar-refractivity contribution in [2.75, 3.05) is 33.4 Å². The maximum Gasteiger partial charge on any atom is 0.387 e. The molecule has 1 aliphatic heterocycles. The lowest BCUT2D eigenvalue weighted by Crippen LogP contribution is -2.45. The summed E-state index contributed by atoms with van der Waals surface area (Å²) in [6, 6.07) is 7.12. The second-order valence-electron chi connectivity index (χ2n) is 9.36. The van der Waals surface area contributed by atoms with E-state index in [4.69, 9.17) is 14.2 Å². The van der Waals surface area contributed by atoms with Gasteiger partial charge in [0.2, 0.25) is 0 Å². The van der Waals surface area contributed by atoms with E-state index in [0.717, 1.165) is 24.9 Å². The summed E-state index contributed by atoms with van der Waals surface area (Å²) >= 11 is 0. The molecule has 5 rings (SSSR count). The lowest BCUT2D eigenvalue weighted by Gasteiger charge is -2.36. The number of methoxy groups -OCH3 is 1. The van der Waals surface area contributed by atoms with Crippen molar-refractivity contribution in [2.24, 2.45) is 0 Å². The summed E-state index contributed by atoms with van der Waals surface area (Å²) in [4.78, 5) is 19.6. The fraction of sp³-hybridized carbons (Fsp3) is 0.462.